The Kier molecular flexibility index (Phi) is 41.1. The normalized spacial score (nSPS) is 14.8. The summed E-state index contributed by atoms with van der Waals surface area (Å²) in [6.07, 6.45) is 11.2. The number of rotatable bonds is 35. The minimum atomic E-state index is -2.32. The Bertz CT molecular complexity index is 1060. The summed E-state index contributed by atoms with van der Waals surface area (Å²) in [6.45, 7) is 17.4. The average Bonchev–Trinajstić information content (AvgIpc) is 3.19. The molecular weight excluding hydrogens is 803 g/mol. The van der Waals surface area contributed by atoms with Crippen LogP contribution in [0, 0.1) is 0 Å². The molecule has 0 spiro atoms. The number of aliphatic hydroxyl groups is 8. The van der Waals surface area contributed by atoms with Crippen molar-refractivity contribution in [1.82, 2.24) is 15.1 Å². The summed E-state index contributed by atoms with van der Waals surface area (Å²) in [5.74, 6) is -0.944. The first-order valence-corrected chi connectivity index (χ1v) is 23.5. The molecule has 0 aliphatic heterocycles. The van der Waals surface area contributed by atoms with Crippen molar-refractivity contribution < 1.29 is 64.7 Å². The molecule has 2 amide bonds. The summed E-state index contributed by atoms with van der Waals surface area (Å²) >= 11 is 0. The molecule has 62 heavy (non-hydrogen) atoms. The molecule has 0 aromatic carbocycles. The summed E-state index contributed by atoms with van der Waals surface area (Å²) < 4.78 is 9.80. The van der Waals surface area contributed by atoms with Gasteiger partial charge >= 0.3 is 0 Å². The molecule has 0 fully saturated rings. The molecule has 0 rings (SSSR count). The Morgan fingerprint density at radius 3 is 1.53 bits per heavy atom. The highest BCUT2D eigenvalue weighted by atomic mass is 16.8. The number of nitrogens with one attached hydrogen (secondary N) is 1. The van der Waals surface area contributed by atoms with Gasteiger partial charge in [0, 0.05) is 38.1 Å². The molecular formula is C46H95N3O13. The topological polar surface area (TPSA) is 250 Å². The van der Waals surface area contributed by atoms with E-state index in [4.69, 9.17) is 14.6 Å². The maximum Gasteiger partial charge on any atom is 0.251 e. The summed E-state index contributed by atoms with van der Waals surface area (Å²) in [7, 11) is 1.89. The second-order valence-electron chi connectivity index (χ2n) is 17.8. The molecule has 0 radical (unpaired) electrons. The molecule has 16 heteroatoms. The Labute approximate surface area is 375 Å². The van der Waals surface area contributed by atoms with Crippen LogP contribution in [0.1, 0.15) is 184 Å². The van der Waals surface area contributed by atoms with Crippen LogP contribution in [-0.4, -0.2) is 163 Å². The van der Waals surface area contributed by atoms with E-state index in [-0.39, 0.29) is 24.6 Å². The van der Waals surface area contributed by atoms with Crippen molar-refractivity contribution in [3.63, 3.8) is 0 Å². The Morgan fingerprint density at radius 1 is 0.710 bits per heavy atom. The van der Waals surface area contributed by atoms with Gasteiger partial charge in [0.2, 0.25) is 18.5 Å². The van der Waals surface area contributed by atoms with E-state index in [0.29, 0.717) is 25.9 Å². The van der Waals surface area contributed by atoms with E-state index in [1.165, 1.54) is 96.3 Å². The van der Waals surface area contributed by atoms with Crippen molar-refractivity contribution in [3.8, 4) is 0 Å². The number of carbonyl (C=O) groups is 3. The number of aliphatic hydroxyl groups excluding tert-OH is 7. The summed E-state index contributed by atoms with van der Waals surface area (Å²) in [5, 5.41) is 78.1. The molecule has 372 valence electrons. The molecule has 0 saturated heterocycles. The van der Waals surface area contributed by atoms with Crippen LogP contribution in [0.5, 0.6) is 0 Å². The first-order chi connectivity index (χ1) is 29.1. The molecule has 0 aromatic rings. The van der Waals surface area contributed by atoms with Crippen LogP contribution in [0.3, 0.4) is 0 Å². The van der Waals surface area contributed by atoms with Gasteiger partial charge in [0.15, 0.2) is 12.4 Å². The van der Waals surface area contributed by atoms with E-state index < -0.39 is 61.3 Å². The minimum absolute atomic E-state index is 0.0477. The van der Waals surface area contributed by atoms with E-state index >= 15 is 0 Å². The van der Waals surface area contributed by atoms with Crippen molar-refractivity contribution in [1.29, 1.82) is 0 Å². The van der Waals surface area contributed by atoms with Crippen LogP contribution in [0.15, 0.2) is 0 Å². The minimum Gasteiger partial charge on any atom is -0.397 e. The number of likely N-dealkylation sites (N-methyl/N-ethyl adjacent to an activating group) is 1. The average molecular weight is 898 g/mol. The van der Waals surface area contributed by atoms with Gasteiger partial charge in [-0.25, -0.2) is 0 Å². The van der Waals surface area contributed by atoms with E-state index in [9.17, 15) is 50.1 Å². The molecule has 0 aliphatic rings. The monoisotopic (exact) mass is 898 g/mol. The molecule has 9 N–H and O–H groups in total. The summed E-state index contributed by atoms with van der Waals surface area (Å²) in [4.78, 5) is 39.1. The first kappa shape index (κ1) is 64.5. The number of aldehydes is 1. The third kappa shape index (κ3) is 33.6. The van der Waals surface area contributed by atoms with Crippen LogP contribution >= 0.6 is 0 Å². The number of ether oxygens (including phenoxy) is 2. The van der Waals surface area contributed by atoms with Gasteiger partial charge in [-0.2, -0.15) is 0 Å². The van der Waals surface area contributed by atoms with Crippen LogP contribution in [0.25, 0.3) is 0 Å². The predicted octanol–water partition coefficient (Wildman–Crippen LogP) is 4.53. The zero-order chi connectivity index (χ0) is 48.1. The van der Waals surface area contributed by atoms with Crippen LogP contribution in [-0.2, 0) is 23.9 Å². The van der Waals surface area contributed by atoms with E-state index in [0.717, 1.165) is 26.1 Å². The Morgan fingerprint density at radius 2 is 1.16 bits per heavy atom. The lowest BCUT2D eigenvalue weighted by molar-refractivity contribution is -0.324. The molecule has 16 nitrogen and oxygen atoms in total. The zero-order valence-electron chi connectivity index (χ0n) is 40.6. The van der Waals surface area contributed by atoms with Gasteiger partial charge in [-0.05, 0) is 74.9 Å². The van der Waals surface area contributed by atoms with Gasteiger partial charge < -0.3 is 70.2 Å². The highest BCUT2D eigenvalue weighted by Gasteiger charge is 2.40. The quantitative estimate of drug-likeness (QED) is 0.0241. The van der Waals surface area contributed by atoms with Crippen LogP contribution in [0.2, 0.25) is 0 Å². The molecule has 6 unspecified atom stereocenters. The Balaban J connectivity index is -0.00000126. The molecule has 0 heterocycles. The van der Waals surface area contributed by atoms with Crippen LogP contribution in [0.4, 0.5) is 0 Å². The Hall–Kier alpha value is -1.83. The SMILES string of the molecule is CCC(=O)N(C(C)(C)C)C(C)(C)CN(C)CCCNC(=O)C(O)C(O)C(OC(OC(C)O)C(O)O)C(O)CO.CCCCCCCCCCCCCCCCCCC=O.CCO. The standard InChI is InChI=1S/C25H51N3O11.C19H38O.C2H6O/c1-9-17(32)28(24(3,4)5)25(6,7)14-27(8)12-10-11-26-21(35)19(34)18(33)20(16(31)13-29)39-23(22(36)37)38-15(2)30;1-2-3-4-5-6-7-8-9-10-11-12-13-14-15-16-17-18-19-20;1-2-3/h15-16,18-20,22-23,29-31,33-34,36-37H,9-14H2,1-8H3,(H,26,35);19H,2-18H2,1H3;3H,2H2,1H3. The number of unbranched alkanes of at least 4 members (excludes halogenated alkanes) is 16. The lowest BCUT2D eigenvalue weighted by Gasteiger charge is -2.48. The fraction of sp³-hybridized carbons (Fsp3) is 0.935. The zero-order valence-corrected chi connectivity index (χ0v) is 40.6. The highest BCUT2D eigenvalue weighted by Crippen LogP contribution is 2.27. The first-order valence-electron chi connectivity index (χ1n) is 23.5. The van der Waals surface area contributed by atoms with Gasteiger partial charge in [-0.15, -0.1) is 0 Å². The second-order valence-corrected chi connectivity index (χ2v) is 17.8. The largest absolute Gasteiger partial charge is 0.397 e. The number of carbonyl (C=O) groups excluding carboxylic acids is 3. The molecule has 0 saturated carbocycles. The number of nitrogens with zero attached hydrogens (tertiary/aromatic N) is 2. The maximum absolute atomic E-state index is 12.6. The van der Waals surface area contributed by atoms with Crippen molar-refractivity contribution in [2.24, 2.45) is 0 Å². The van der Waals surface area contributed by atoms with E-state index in [1.54, 1.807) is 6.92 Å². The number of hydrogen-bond donors (Lipinski definition) is 9. The van der Waals surface area contributed by atoms with Gasteiger partial charge in [0.25, 0.3) is 5.91 Å². The third-order valence-corrected chi connectivity index (χ3v) is 10.0. The van der Waals surface area contributed by atoms with Crippen molar-refractivity contribution >= 4 is 18.1 Å². The fourth-order valence-corrected chi connectivity index (χ4v) is 7.39. The van der Waals surface area contributed by atoms with Gasteiger partial charge in [-0.3, -0.25) is 9.59 Å². The molecule has 6 atom stereocenters. The van der Waals surface area contributed by atoms with E-state index in [1.807, 2.05) is 58.4 Å². The summed E-state index contributed by atoms with van der Waals surface area (Å²) in [6, 6.07) is 0. The third-order valence-electron chi connectivity index (χ3n) is 10.0. The maximum atomic E-state index is 12.6. The van der Waals surface area contributed by atoms with Crippen molar-refractivity contribution in [2.45, 2.75) is 239 Å². The van der Waals surface area contributed by atoms with Crippen molar-refractivity contribution in [3.05, 3.63) is 0 Å². The van der Waals surface area contributed by atoms with Gasteiger partial charge in [-0.1, -0.05) is 110 Å². The molecule has 0 aliphatic carbocycles. The smallest absolute Gasteiger partial charge is 0.251 e. The van der Waals surface area contributed by atoms with Crippen molar-refractivity contribution in [2.75, 3.05) is 39.9 Å². The fourth-order valence-electron chi connectivity index (χ4n) is 7.39. The van der Waals surface area contributed by atoms with Crippen LogP contribution < -0.4 is 5.32 Å². The number of amides is 2. The number of hydrogen-bond acceptors (Lipinski definition) is 14. The lowest BCUT2D eigenvalue weighted by atomic mass is 9.93. The van der Waals surface area contributed by atoms with E-state index in [2.05, 4.69) is 12.2 Å². The molecule has 0 bridgehead atoms. The summed E-state index contributed by atoms with van der Waals surface area (Å²) in [5.41, 5.74) is -0.838. The van der Waals surface area contributed by atoms with Gasteiger partial charge in [0.1, 0.15) is 24.6 Å². The lowest BCUT2D eigenvalue weighted by Crippen LogP contribution is -2.60. The predicted molar refractivity (Wildman–Crippen MR) is 244 cm³/mol. The molecule has 0 aromatic heterocycles. The second kappa shape index (κ2) is 39.5. The van der Waals surface area contributed by atoms with Gasteiger partial charge in [0.05, 0.1) is 12.1 Å². The highest BCUT2D eigenvalue weighted by molar-refractivity contribution is 5.81.